The average Bonchev–Trinajstić information content (AvgIpc) is 2.52. The Kier molecular flexibility index (Phi) is 5.15. The summed E-state index contributed by atoms with van der Waals surface area (Å²) in [5.74, 6) is 0.481. The van der Waals surface area contributed by atoms with E-state index in [0.29, 0.717) is 24.8 Å². The van der Waals surface area contributed by atoms with Crippen molar-refractivity contribution >= 4 is 15.8 Å². The Bertz CT molecular complexity index is 460. The predicted octanol–water partition coefficient (Wildman–Crippen LogP) is 0.858. The van der Waals surface area contributed by atoms with Crippen molar-refractivity contribution in [1.82, 2.24) is 15.1 Å². The molecule has 0 amide bonds. The smallest absolute Gasteiger partial charge is 0.233 e. The van der Waals surface area contributed by atoms with Crippen LogP contribution in [-0.4, -0.2) is 36.5 Å². The van der Waals surface area contributed by atoms with Gasteiger partial charge in [-0.05, 0) is 19.9 Å². The van der Waals surface area contributed by atoms with E-state index in [9.17, 15) is 8.42 Å². The van der Waals surface area contributed by atoms with E-state index in [1.807, 2.05) is 20.8 Å². The van der Waals surface area contributed by atoms with Gasteiger partial charge in [-0.25, -0.2) is 8.42 Å². The minimum atomic E-state index is -3.30. The van der Waals surface area contributed by atoms with Crippen LogP contribution in [0, 0.1) is 6.92 Å². The third-order valence-electron chi connectivity index (χ3n) is 2.52. The maximum atomic E-state index is 11.8. The molecule has 0 saturated heterocycles. The molecule has 0 aliphatic rings. The molecule has 6 nitrogen and oxygen atoms in total. The number of anilines is 1. The van der Waals surface area contributed by atoms with Gasteiger partial charge < -0.3 is 5.32 Å². The lowest BCUT2D eigenvalue weighted by molar-refractivity contribution is 0.570. The zero-order chi connectivity index (χ0) is 13.8. The van der Waals surface area contributed by atoms with Crippen LogP contribution in [0.25, 0.3) is 0 Å². The van der Waals surface area contributed by atoms with Crippen LogP contribution in [0.2, 0.25) is 0 Å². The summed E-state index contributed by atoms with van der Waals surface area (Å²) in [5.41, 5.74) is 0.911. The summed E-state index contributed by atoms with van der Waals surface area (Å²) in [4.78, 5) is 0. The highest BCUT2D eigenvalue weighted by Gasteiger charge is 2.12. The molecule has 104 valence electrons. The molecule has 0 radical (unpaired) electrons. The van der Waals surface area contributed by atoms with Crippen molar-refractivity contribution in [3.63, 3.8) is 0 Å². The third kappa shape index (κ3) is 5.05. The Balaban J connectivity index is 2.45. The second-order valence-electron chi connectivity index (χ2n) is 4.68. The molecule has 0 aromatic carbocycles. The Morgan fingerprint density at radius 1 is 1.44 bits per heavy atom. The van der Waals surface area contributed by atoms with Crippen molar-refractivity contribution in [2.45, 2.75) is 33.2 Å². The van der Waals surface area contributed by atoms with Crippen molar-refractivity contribution < 1.29 is 8.42 Å². The van der Waals surface area contributed by atoms with Crippen LogP contribution in [-0.2, 0) is 17.1 Å². The maximum absolute atomic E-state index is 11.8. The summed E-state index contributed by atoms with van der Waals surface area (Å²) >= 11 is 0. The van der Waals surface area contributed by atoms with E-state index in [2.05, 4.69) is 15.1 Å². The first kappa shape index (κ1) is 15.0. The van der Waals surface area contributed by atoms with E-state index in [-0.39, 0.29) is 5.75 Å². The summed E-state index contributed by atoms with van der Waals surface area (Å²) in [5, 5.41) is 7.25. The normalized spacial score (nSPS) is 12.1. The molecule has 0 bridgehead atoms. The number of aryl methyl sites for hydroxylation is 2. The van der Waals surface area contributed by atoms with Crippen LogP contribution in [0.15, 0.2) is 6.07 Å². The van der Waals surface area contributed by atoms with Crippen LogP contribution in [0.5, 0.6) is 0 Å². The zero-order valence-corrected chi connectivity index (χ0v) is 12.2. The number of aromatic nitrogens is 2. The third-order valence-corrected chi connectivity index (χ3v) is 3.86. The first-order valence-electron chi connectivity index (χ1n) is 6.04. The van der Waals surface area contributed by atoms with Gasteiger partial charge in [0.15, 0.2) is 5.82 Å². The monoisotopic (exact) mass is 274 g/mol. The molecular weight excluding hydrogens is 252 g/mol. The van der Waals surface area contributed by atoms with E-state index in [1.165, 1.54) is 0 Å². The number of rotatable bonds is 7. The second-order valence-corrected chi connectivity index (χ2v) is 6.52. The average molecular weight is 274 g/mol. The van der Waals surface area contributed by atoms with Crippen molar-refractivity contribution in [1.29, 1.82) is 0 Å². The summed E-state index contributed by atoms with van der Waals surface area (Å²) in [7, 11) is -1.52. The molecule has 0 spiro atoms. The van der Waals surface area contributed by atoms with E-state index >= 15 is 0 Å². The molecule has 7 heteroatoms. The van der Waals surface area contributed by atoms with Crippen molar-refractivity contribution in [3.8, 4) is 0 Å². The lowest BCUT2D eigenvalue weighted by atomic mass is 10.4. The Hall–Kier alpha value is -1.08. The molecule has 0 aliphatic heterocycles. The Morgan fingerprint density at radius 3 is 2.61 bits per heavy atom. The summed E-state index contributed by atoms with van der Waals surface area (Å²) in [6.07, 6.45) is 0.583. The highest BCUT2D eigenvalue weighted by molar-refractivity contribution is 7.92. The highest BCUT2D eigenvalue weighted by Crippen LogP contribution is 2.09. The molecule has 0 unspecified atom stereocenters. The lowest BCUT2D eigenvalue weighted by Crippen LogP contribution is -2.26. The molecular formula is C11H22N4O2S. The van der Waals surface area contributed by atoms with Gasteiger partial charge in [0, 0.05) is 24.8 Å². The summed E-state index contributed by atoms with van der Waals surface area (Å²) in [6.45, 7) is 6.63. The van der Waals surface area contributed by atoms with E-state index in [4.69, 9.17) is 0 Å². The SMILES string of the molecule is Cc1cc(NS(=O)(=O)CCCNC(C)C)nn1C. The quantitative estimate of drug-likeness (QED) is 0.723. The molecule has 0 saturated carbocycles. The Morgan fingerprint density at radius 2 is 2.11 bits per heavy atom. The van der Waals surface area contributed by atoms with Crippen molar-refractivity contribution in [2.24, 2.45) is 7.05 Å². The molecule has 0 atom stereocenters. The lowest BCUT2D eigenvalue weighted by Gasteiger charge is -2.08. The van der Waals surface area contributed by atoms with Gasteiger partial charge in [0.25, 0.3) is 0 Å². The Labute approximate surface area is 109 Å². The molecule has 1 aromatic rings. The number of hydrogen-bond acceptors (Lipinski definition) is 4. The fourth-order valence-corrected chi connectivity index (χ4v) is 2.52. The first-order valence-corrected chi connectivity index (χ1v) is 7.70. The van der Waals surface area contributed by atoms with E-state index in [1.54, 1.807) is 17.8 Å². The summed E-state index contributed by atoms with van der Waals surface area (Å²) in [6, 6.07) is 2.09. The number of hydrogen-bond donors (Lipinski definition) is 2. The van der Waals surface area contributed by atoms with Gasteiger partial charge in [0.2, 0.25) is 10.0 Å². The fourth-order valence-electron chi connectivity index (χ4n) is 1.47. The standard InChI is InChI=1S/C11H22N4O2S/c1-9(2)12-6-5-7-18(16,17)14-11-8-10(3)15(4)13-11/h8-9,12H,5-7H2,1-4H3,(H,13,14). The highest BCUT2D eigenvalue weighted by atomic mass is 32.2. The van der Waals surface area contributed by atoms with Gasteiger partial charge in [0.1, 0.15) is 0 Å². The van der Waals surface area contributed by atoms with Crippen molar-refractivity contribution in [2.75, 3.05) is 17.0 Å². The van der Waals surface area contributed by atoms with Crippen LogP contribution < -0.4 is 10.0 Å². The van der Waals surface area contributed by atoms with Gasteiger partial charge in [-0.1, -0.05) is 13.8 Å². The molecule has 1 rings (SSSR count). The first-order chi connectivity index (χ1) is 8.30. The number of sulfonamides is 1. The maximum Gasteiger partial charge on any atom is 0.233 e. The minimum absolute atomic E-state index is 0.0995. The molecule has 2 N–H and O–H groups in total. The molecule has 0 aliphatic carbocycles. The fraction of sp³-hybridized carbons (Fsp3) is 0.727. The second kappa shape index (κ2) is 6.19. The molecule has 0 fully saturated rings. The molecule has 1 heterocycles. The van der Waals surface area contributed by atoms with E-state index < -0.39 is 10.0 Å². The van der Waals surface area contributed by atoms with Gasteiger partial charge in [-0.3, -0.25) is 9.40 Å². The number of nitrogens with one attached hydrogen (secondary N) is 2. The minimum Gasteiger partial charge on any atom is -0.314 e. The largest absolute Gasteiger partial charge is 0.314 e. The topological polar surface area (TPSA) is 76.0 Å². The van der Waals surface area contributed by atoms with Crippen LogP contribution >= 0.6 is 0 Å². The van der Waals surface area contributed by atoms with Gasteiger partial charge in [-0.2, -0.15) is 5.10 Å². The summed E-state index contributed by atoms with van der Waals surface area (Å²) < 4.78 is 27.7. The van der Waals surface area contributed by atoms with Gasteiger partial charge >= 0.3 is 0 Å². The number of nitrogens with zero attached hydrogens (tertiary/aromatic N) is 2. The predicted molar refractivity (Wildman–Crippen MR) is 73.1 cm³/mol. The van der Waals surface area contributed by atoms with Crippen LogP contribution in [0.4, 0.5) is 5.82 Å². The van der Waals surface area contributed by atoms with Gasteiger partial charge in [0.05, 0.1) is 5.75 Å². The van der Waals surface area contributed by atoms with Crippen molar-refractivity contribution in [3.05, 3.63) is 11.8 Å². The van der Waals surface area contributed by atoms with Gasteiger partial charge in [-0.15, -0.1) is 0 Å². The van der Waals surface area contributed by atoms with Crippen LogP contribution in [0.3, 0.4) is 0 Å². The van der Waals surface area contributed by atoms with Crippen LogP contribution in [0.1, 0.15) is 26.0 Å². The molecule has 1 aromatic heterocycles. The molecule has 18 heavy (non-hydrogen) atoms. The zero-order valence-electron chi connectivity index (χ0n) is 11.4. The van der Waals surface area contributed by atoms with E-state index in [0.717, 1.165) is 5.69 Å².